The van der Waals surface area contributed by atoms with E-state index < -0.39 is 4.92 Å². The van der Waals surface area contributed by atoms with Gasteiger partial charge in [0, 0.05) is 25.5 Å². The number of rotatable bonds is 5. The van der Waals surface area contributed by atoms with Crippen molar-refractivity contribution in [2.75, 3.05) is 11.9 Å². The Morgan fingerprint density at radius 2 is 1.95 bits per heavy atom. The van der Waals surface area contributed by atoms with E-state index in [1.54, 1.807) is 12.1 Å². The number of hydrogen-bond acceptors (Lipinski definition) is 5. The van der Waals surface area contributed by atoms with Gasteiger partial charge in [0.2, 0.25) is 11.8 Å². The normalized spacial score (nSPS) is 14.8. The van der Waals surface area contributed by atoms with Crippen LogP contribution >= 0.6 is 0 Å². The summed E-state index contributed by atoms with van der Waals surface area (Å²) in [4.78, 5) is 34.8. The second kappa shape index (κ2) is 5.68. The smallest absolute Gasteiger partial charge is 0.292 e. The van der Waals surface area contributed by atoms with Crippen LogP contribution in [0.3, 0.4) is 0 Å². The zero-order chi connectivity index (χ0) is 14.7. The van der Waals surface area contributed by atoms with Gasteiger partial charge in [0.1, 0.15) is 5.69 Å². The molecule has 0 saturated carbocycles. The maximum Gasteiger partial charge on any atom is 0.292 e. The number of hydrogen-bond donors (Lipinski definition) is 1. The standard InChI is InChI=1S/C13H15N3O4/c1-2-14-10-4-3-9(7-11(10)16(19)20)8-15-12(17)5-6-13(15)18/h3-4,7,14H,2,5-6,8H2,1H3. The quantitative estimate of drug-likeness (QED) is 0.502. The van der Waals surface area contributed by atoms with Crippen LogP contribution in [0, 0.1) is 10.1 Å². The predicted octanol–water partition coefficient (Wildman–Crippen LogP) is 1.68. The Labute approximate surface area is 115 Å². The van der Waals surface area contributed by atoms with Crippen molar-refractivity contribution in [3.05, 3.63) is 33.9 Å². The minimum absolute atomic E-state index is 0.0524. The van der Waals surface area contributed by atoms with Crippen molar-refractivity contribution in [2.45, 2.75) is 26.3 Å². The highest BCUT2D eigenvalue weighted by Gasteiger charge is 2.29. The van der Waals surface area contributed by atoms with Gasteiger partial charge in [0.15, 0.2) is 0 Å². The Hall–Kier alpha value is -2.44. The number of nitro groups is 1. The highest BCUT2D eigenvalue weighted by atomic mass is 16.6. The van der Waals surface area contributed by atoms with Crippen LogP contribution in [-0.4, -0.2) is 28.2 Å². The van der Waals surface area contributed by atoms with Crippen LogP contribution < -0.4 is 5.32 Å². The predicted molar refractivity (Wildman–Crippen MR) is 72.1 cm³/mol. The van der Waals surface area contributed by atoms with E-state index >= 15 is 0 Å². The van der Waals surface area contributed by atoms with Crippen LogP contribution in [0.15, 0.2) is 18.2 Å². The second-order valence-electron chi connectivity index (χ2n) is 4.51. The molecule has 1 saturated heterocycles. The van der Waals surface area contributed by atoms with Crippen LogP contribution in [-0.2, 0) is 16.1 Å². The van der Waals surface area contributed by atoms with Gasteiger partial charge in [-0.3, -0.25) is 24.6 Å². The molecule has 20 heavy (non-hydrogen) atoms. The molecular formula is C13H15N3O4. The maximum atomic E-state index is 11.5. The third-order valence-electron chi connectivity index (χ3n) is 3.12. The van der Waals surface area contributed by atoms with E-state index in [-0.39, 0.29) is 36.9 Å². The van der Waals surface area contributed by atoms with Crippen molar-refractivity contribution in [1.29, 1.82) is 0 Å². The molecule has 0 unspecified atom stereocenters. The van der Waals surface area contributed by atoms with Crippen molar-refractivity contribution in [1.82, 2.24) is 4.90 Å². The van der Waals surface area contributed by atoms with E-state index in [0.717, 1.165) is 4.90 Å². The number of nitrogens with zero attached hydrogens (tertiary/aromatic N) is 2. The molecule has 2 amide bonds. The molecule has 106 valence electrons. The first-order chi connectivity index (χ1) is 9.52. The highest BCUT2D eigenvalue weighted by Crippen LogP contribution is 2.27. The van der Waals surface area contributed by atoms with E-state index in [9.17, 15) is 19.7 Å². The van der Waals surface area contributed by atoms with Crippen molar-refractivity contribution in [3.8, 4) is 0 Å². The lowest BCUT2D eigenvalue weighted by molar-refractivity contribution is -0.384. The zero-order valence-corrected chi connectivity index (χ0v) is 11.1. The first-order valence-electron chi connectivity index (χ1n) is 6.37. The van der Waals surface area contributed by atoms with E-state index in [2.05, 4.69) is 5.32 Å². The molecular weight excluding hydrogens is 262 g/mol. The summed E-state index contributed by atoms with van der Waals surface area (Å²) in [7, 11) is 0. The van der Waals surface area contributed by atoms with Crippen molar-refractivity contribution >= 4 is 23.2 Å². The average Bonchev–Trinajstić information content (AvgIpc) is 2.72. The van der Waals surface area contributed by atoms with Gasteiger partial charge in [-0.25, -0.2) is 0 Å². The van der Waals surface area contributed by atoms with E-state index in [0.29, 0.717) is 17.8 Å². The monoisotopic (exact) mass is 277 g/mol. The van der Waals surface area contributed by atoms with Gasteiger partial charge in [-0.05, 0) is 18.6 Å². The lowest BCUT2D eigenvalue weighted by atomic mass is 10.1. The molecule has 2 rings (SSSR count). The molecule has 1 N–H and O–H groups in total. The number of likely N-dealkylation sites (tertiary alicyclic amines) is 1. The summed E-state index contributed by atoms with van der Waals surface area (Å²) in [5, 5.41) is 13.9. The lowest BCUT2D eigenvalue weighted by Gasteiger charge is -2.14. The number of imide groups is 1. The number of nitro benzene ring substituents is 1. The minimum Gasteiger partial charge on any atom is -0.380 e. The van der Waals surface area contributed by atoms with Gasteiger partial charge < -0.3 is 5.32 Å². The van der Waals surface area contributed by atoms with Crippen molar-refractivity contribution in [3.63, 3.8) is 0 Å². The second-order valence-corrected chi connectivity index (χ2v) is 4.51. The zero-order valence-electron chi connectivity index (χ0n) is 11.1. The van der Waals surface area contributed by atoms with Gasteiger partial charge in [0.25, 0.3) is 5.69 Å². The Kier molecular flexibility index (Phi) is 3.97. The number of carbonyl (C=O) groups is 2. The fourth-order valence-corrected chi connectivity index (χ4v) is 2.15. The molecule has 1 aliphatic rings. The number of amides is 2. The van der Waals surface area contributed by atoms with Gasteiger partial charge in [-0.2, -0.15) is 0 Å². The third-order valence-corrected chi connectivity index (χ3v) is 3.12. The lowest BCUT2D eigenvalue weighted by Crippen LogP contribution is -2.28. The van der Waals surface area contributed by atoms with Crippen LogP contribution in [0.1, 0.15) is 25.3 Å². The van der Waals surface area contributed by atoms with Gasteiger partial charge in [-0.15, -0.1) is 0 Å². The van der Waals surface area contributed by atoms with Crippen molar-refractivity contribution in [2.24, 2.45) is 0 Å². The molecule has 1 aromatic carbocycles. The van der Waals surface area contributed by atoms with Gasteiger partial charge in [-0.1, -0.05) is 6.07 Å². The average molecular weight is 277 g/mol. The van der Waals surface area contributed by atoms with Crippen LogP contribution in [0.4, 0.5) is 11.4 Å². The summed E-state index contributed by atoms with van der Waals surface area (Å²) >= 11 is 0. The molecule has 0 aromatic heterocycles. The topological polar surface area (TPSA) is 92.6 Å². The first kappa shape index (κ1) is 14.0. The highest BCUT2D eigenvalue weighted by molar-refractivity contribution is 6.01. The molecule has 0 bridgehead atoms. The van der Waals surface area contributed by atoms with E-state index in [4.69, 9.17) is 0 Å². The molecule has 7 nitrogen and oxygen atoms in total. The third kappa shape index (κ3) is 2.76. The fraction of sp³-hybridized carbons (Fsp3) is 0.385. The van der Waals surface area contributed by atoms with E-state index in [1.807, 2.05) is 6.92 Å². The number of nitrogens with one attached hydrogen (secondary N) is 1. The minimum atomic E-state index is -0.477. The van der Waals surface area contributed by atoms with Crippen LogP contribution in [0.2, 0.25) is 0 Å². The Morgan fingerprint density at radius 3 is 2.50 bits per heavy atom. The molecule has 0 atom stereocenters. The molecule has 0 spiro atoms. The molecule has 7 heteroatoms. The van der Waals surface area contributed by atoms with Crippen LogP contribution in [0.25, 0.3) is 0 Å². The van der Waals surface area contributed by atoms with Crippen molar-refractivity contribution < 1.29 is 14.5 Å². The Balaban J connectivity index is 2.25. The summed E-state index contributed by atoms with van der Waals surface area (Å²) in [6, 6.07) is 4.68. The fourth-order valence-electron chi connectivity index (χ4n) is 2.15. The molecule has 1 aliphatic heterocycles. The molecule has 1 aromatic rings. The Morgan fingerprint density at radius 1 is 1.30 bits per heavy atom. The summed E-state index contributed by atoms with van der Waals surface area (Å²) < 4.78 is 0. The van der Waals surface area contributed by atoms with Gasteiger partial charge >= 0.3 is 0 Å². The van der Waals surface area contributed by atoms with Crippen LogP contribution in [0.5, 0.6) is 0 Å². The molecule has 0 aliphatic carbocycles. The summed E-state index contributed by atoms with van der Waals surface area (Å²) in [5.74, 6) is -0.457. The molecule has 0 radical (unpaired) electrons. The number of carbonyl (C=O) groups excluding carboxylic acids is 2. The summed E-state index contributed by atoms with van der Waals surface area (Å²) in [6.45, 7) is 2.51. The first-order valence-corrected chi connectivity index (χ1v) is 6.37. The molecule has 1 heterocycles. The maximum absolute atomic E-state index is 11.5. The largest absolute Gasteiger partial charge is 0.380 e. The summed E-state index contributed by atoms with van der Waals surface area (Å²) in [6.07, 6.45) is 0.437. The Bertz CT molecular complexity index is 555. The molecule has 1 fully saturated rings. The summed E-state index contributed by atoms with van der Waals surface area (Å²) in [5.41, 5.74) is 0.950. The van der Waals surface area contributed by atoms with E-state index in [1.165, 1.54) is 6.07 Å². The van der Waals surface area contributed by atoms with Gasteiger partial charge in [0.05, 0.1) is 11.5 Å². The number of benzene rings is 1. The number of anilines is 1. The SMILES string of the molecule is CCNc1ccc(CN2C(=O)CCC2=O)cc1[N+](=O)[O-].